The van der Waals surface area contributed by atoms with Gasteiger partial charge in [-0.1, -0.05) is 17.9 Å². The van der Waals surface area contributed by atoms with Crippen molar-refractivity contribution in [2.75, 3.05) is 6.54 Å². The number of amides is 1. The normalized spacial score (nSPS) is 9.65. The van der Waals surface area contributed by atoms with E-state index in [0.717, 1.165) is 16.0 Å². The van der Waals surface area contributed by atoms with Crippen molar-refractivity contribution >= 4 is 17.2 Å². The molecule has 0 aliphatic rings. The third-order valence-electron chi connectivity index (χ3n) is 2.60. The molecule has 0 atom stereocenters. The Labute approximate surface area is 122 Å². The van der Waals surface area contributed by atoms with Crippen molar-refractivity contribution in [1.29, 1.82) is 0 Å². The Balaban J connectivity index is 1.89. The molecule has 0 spiro atoms. The molecule has 2 aromatic rings. The minimum absolute atomic E-state index is 0.0239. The maximum Gasteiger partial charge on any atom is 0.224 e. The van der Waals surface area contributed by atoms with E-state index in [1.54, 1.807) is 23.7 Å². The second-order valence-electron chi connectivity index (χ2n) is 4.08. The van der Waals surface area contributed by atoms with Gasteiger partial charge < -0.3 is 11.1 Å². The minimum atomic E-state index is -0.0239. The zero-order chi connectivity index (χ0) is 14.2. The Morgan fingerprint density at radius 2 is 2.35 bits per heavy atom. The molecule has 0 saturated heterocycles. The number of carbonyl (C=O) groups is 1. The number of aromatic nitrogens is 1. The van der Waals surface area contributed by atoms with Crippen LogP contribution < -0.4 is 11.1 Å². The number of thiophene rings is 1. The molecule has 0 fully saturated rings. The molecule has 2 aromatic heterocycles. The Kier molecular flexibility index (Phi) is 5.30. The first-order valence-corrected chi connectivity index (χ1v) is 7.08. The number of pyridine rings is 1. The first-order valence-electron chi connectivity index (χ1n) is 6.20. The predicted octanol–water partition coefficient (Wildman–Crippen LogP) is 1.31. The summed E-state index contributed by atoms with van der Waals surface area (Å²) >= 11 is 1.58. The summed E-state index contributed by atoms with van der Waals surface area (Å²) in [5.74, 6) is 5.80. The van der Waals surface area contributed by atoms with E-state index in [2.05, 4.69) is 22.1 Å². The lowest BCUT2D eigenvalue weighted by atomic mass is 10.2. The van der Waals surface area contributed by atoms with E-state index in [9.17, 15) is 4.79 Å². The van der Waals surface area contributed by atoms with Gasteiger partial charge in [0, 0.05) is 22.8 Å². The topological polar surface area (TPSA) is 68.0 Å². The molecule has 2 heterocycles. The first kappa shape index (κ1) is 14.3. The second-order valence-corrected chi connectivity index (χ2v) is 5.08. The summed E-state index contributed by atoms with van der Waals surface area (Å²) < 4.78 is 0. The summed E-state index contributed by atoms with van der Waals surface area (Å²) in [7, 11) is 0. The lowest BCUT2D eigenvalue weighted by Crippen LogP contribution is -2.24. The molecule has 1 amide bonds. The van der Waals surface area contributed by atoms with Crippen molar-refractivity contribution in [3.05, 3.63) is 52.0 Å². The van der Waals surface area contributed by atoms with Crippen LogP contribution in [0, 0.1) is 11.8 Å². The Bertz CT molecular complexity index is 625. The molecule has 2 rings (SSSR count). The molecule has 0 aliphatic heterocycles. The lowest BCUT2D eigenvalue weighted by molar-refractivity contribution is -0.120. The van der Waals surface area contributed by atoms with Crippen molar-refractivity contribution in [2.24, 2.45) is 5.73 Å². The molecule has 0 bridgehead atoms. The molecule has 20 heavy (non-hydrogen) atoms. The molecule has 0 saturated carbocycles. The van der Waals surface area contributed by atoms with Gasteiger partial charge in [-0.2, -0.15) is 0 Å². The van der Waals surface area contributed by atoms with Gasteiger partial charge >= 0.3 is 0 Å². The van der Waals surface area contributed by atoms with Gasteiger partial charge in [0.2, 0.25) is 5.91 Å². The fourth-order valence-electron chi connectivity index (χ4n) is 1.66. The molecule has 0 unspecified atom stereocenters. The smallest absolute Gasteiger partial charge is 0.224 e. The van der Waals surface area contributed by atoms with Crippen LogP contribution in [0.3, 0.4) is 0 Å². The summed E-state index contributed by atoms with van der Waals surface area (Å²) in [6.45, 7) is 0.827. The number of rotatable bonds is 4. The standard InChI is InChI=1S/C15H15N3OS/c16-6-1-4-13-5-8-20-14(13)11-18-15(19)9-12-3-2-7-17-10-12/h2-3,5,7-8,10H,6,9,11,16H2,(H,18,19). The van der Waals surface area contributed by atoms with Gasteiger partial charge in [0.25, 0.3) is 0 Å². The van der Waals surface area contributed by atoms with Crippen LogP contribution in [0.1, 0.15) is 16.0 Å². The average molecular weight is 285 g/mol. The van der Waals surface area contributed by atoms with E-state index < -0.39 is 0 Å². The van der Waals surface area contributed by atoms with Gasteiger partial charge in [-0.25, -0.2) is 0 Å². The zero-order valence-electron chi connectivity index (χ0n) is 10.9. The van der Waals surface area contributed by atoms with Crippen molar-refractivity contribution in [2.45, 2.75) is 13.0 Å². The fourth-order valence-corrected chi connectivity index (χ4v) is 2.43. The average Bonchev–Trinajstić information content (AvgIpc) is 2.91. The van der Waals surface area contributed by atoms with E-state index >= 15 is 0 Å². The largest absolute Gasteiger partial charge is 0.351 e. The summed E-state index contributed by atoms with van der Waals surface area (Å²) in [6.07, 6.45) is 3.72. The summed E-state index contributed by atoms with van der Waals surface area (Å²) in [6, 6.07) is 5.65. The van der Waals surface area contributed by atoms with Gasteiger partial charge in [0.15, 0.2) is 0 Å². The molecule has 0 radical (unpaired) electrons. The molecular formula is C15H15N3OS. The van der Waals surface area contributed by atoms with Crippen LogP contribution in [0.2, 0.25) is 0 Å². The first-order chi connectivity index (χ1) is 9.79. The fraction of sp³-hybridized carbons (Fsp3) is 0.200. The van der Waals surface area contributed by atoms with Crippen LogP contribution in [0.5, 0.6) is 0 Å². The quantitative estimate of drug-likeness (QED) is 0.832. The number of nitrogens with two attached hydrogens (primary N) is 1. The van der Waals surface area contributed by atoms with E-state index in [1.165, 1.54) is 0 Å². The van der Waals surface area contributed by atoms with E-state index in [0.29, 0.717) is 19.5 Å². The van der Waals surface area contributed by atoms with Crippen molar-refractivity contribution < 1.29 is 4.79 Å². The molecule has 5 heteroatoms. The van der Waals surface area contributed by atoms with Gasteiger partial charge in [-0.3, -0.25) is 9.78 Å². The maximum absolute atomic E-state index is 11.8. The third kappa shape index (κ3) is 4.19. The molecule has 102 valence electrons. The summed E-state index contributed by atoms with van der Waals surface area (Å²) in [4.78, 5) is 16.9. The number of hydrogen-bond donors (Lipinski definition) is 2. The Morgan fingerprint density at radius 1 is 1.45 bits per heavy atom. The molecule has 0 aliphatic carbocycles. The van der Waals surface area contributed by atoms with Crippen molar-refractivity contribution in [3.63, 3.8) is 0 Å². The highest BCUT2D eigenvalue weighted by Crippen LogP contribution is 2.15. The van der Waals surface area contributed by atoms with E-state index in [1.807, 2.05) is 23.6 Å². The van der Waals surface area contributed by atoms with Crippen molar-refractivity contribution in [1.82, 2.24) is 10.3 Å². The molecular weight excluding hydrogens is 270 g/mol. The van der Waals surface area contributed by atoms with Crippen LogP contribution in [0.25, 0.3) is 0 Å². The number of nitrogens with one attached hydrogen (secondary N) is 1. The molecule has 0 aromatic carbocycles. The van der Waals surface area contributed by atoms with Crippen LogP contribution >= 0.6 is 11.3 Å². The summed E-state index contributed by atoms with van der Waals surface area (Å²) in [5, 5.41) is 4.86. The monoisotopic (exact) mass is 285 g/mol. The molecule has 4 nitrogen and oxygen atoms in total. The SMILES string of the molecule is NCC#Cc1ccsc1CNC(=O)Cc1cccnc1. The molecule has 3 N–H and O–H groups in total. The minimum Gasteiger partial charge on any atom is -0.351 e. The number of hydrogen-bond acceptors (Lipinski definition) is 4. The highest BCUT2D eigenvalue weighted by Gasteiger charge is 2.06. The van der Waals surface area contributed by atoms with Crippen LogP contribution in [-0.2, 0) is 17.8 Å². The van der Waals surface area contributed by atoms with Gasteiger partial charge in [0.1, 0.15) is 0 Å². The maximum atomic E-state index is 11.8. The Morgan fingerprint density at radius 3 is 3.10 bits per heavy atom. The third-order valence-corrected chi connectivity index (χ3v) is 3.53. The van der Waals surface area contributed by atoms with E-state index in [-0.39, 0.29) is 5.91 Å². The van der Waals surface area contributed by atoms with Gasteiger partial charge in [-0.15, -0.1) is 11.3 Å². The predicted molar refractivity (Wildman–Crippen MR) is 80.0 cm³/mol. The highest BCUT2D eigenvalue weighted by molar-refractivity contribution is 7.10. The summed E-state index contributed by atoms with van der Waals surface area (Å²) in [5.41, 5.74) is 7.19. The zero-order valence-corrected chi connectivity index (χ0v) is 11.7. The van der Waals surface area contributed by atoms with Crippen molar-refractivity contribution in [3.8, 4) is 11.8 Å². The highest BCUT2D eigenvalue weighted by atomic mass is 32.1. The van der Waals surface area contributed by atoms with E-state index in [4.69, 9.17) is 5.73 Å². The number of nitrogens with zero attached hydrogens (tertiary/aromatic N) is 1. The van der Waals surface area contributed by atoms with Crippen LogP contribution in [0.4, 0.5) is 0 Å². The second kappa shape index (κ2) is 7.43. The van der Waals surface area contributed by atoms with Gasteiger partial charge in [0.05, 0.1) is 19.5 Å². The van der Waals surface area contributed by atoms with Crippen LogP contribution in [-0.4, -0.2) is 17.4 Å². The lowest BCUT2D eigenvalue weighted by Gasteiger charge is -2.04. The number of carbonyl (C=O) groups excluding carboxylic acids is 1. The van der Waals surface area contributed by atoms with Gasteiger partial charge in [-0.05, 0) is 23.1 Å². The Hall–Kier alpha value is -2.16. The van der Waals surface area contributed by atoms with Crippen LogP contribution in [0.15, 0.2) is 36.0 Å².